The minimum absolute atomic E-state index is 0. The van der Waals surface area contributed by atoms with Gasteiger partial charge in [-0.2, -0.15) is 12.8 Å². The number of benzene rings is 4. The number of halogens is 2. The molecule has 4 N–H and O–H groups in total. The van der Waals surface area contributed by atoms with Crippen molar-refractivity contribution in [2.24, 2.45) is 0 Å². The van der Waals surface area contributed by atoms with Gasteiger partial charge in [-0.25, -0.2) is 4.79 Å². The summed E-state index contributed by atoms with van der Waals surface area (Å²) >= 11 is 4.24. The standard InChI is InChI=1S/C22H27N2O.C12H12O2.C10H17N2.I2.2Y/c1-6-20(15-19-9-7-8-17(2)14-19)22(25)23-21-12-10-18(11-13-21)16-24(3,4)5;1-3-11(12(13)14)8-10-6-4-5-9(2)7-10;1-12(2,3)8-9-4-6-10(11)7-5-9;1-2;;/h7-8,10-15H,1,6,16H2,2-5H3,(H,23,25);4-5,7-8H,1,3H2,2H3,(H,13,14);4-7H,8,11H2,1-3H3;;;/q-1;-2;+1;;;. The first-order chi connectivity index (χ1) is 24.9. The molecule has 0 heterocycles. The molecule has 2 radical (unpaired) electrons. The van der Waals surface area contributed by atoms with Crippen LogP contribution in [0.15, 0.2) is 96.1 Å². The number of hydrogen-bond donors (Lipinski definition) is 3. The molecule has 292 valence electrons. The molecule has 0 unspecified atom stereocenters. The third-order valence-corrected chi connectivity index (χ3v) is 7.23. The molecule has 0 spiro atoms. The second kappa shape index (κ2) is 29.0. The van der Waals surface area contributed by atoms with Crippen molar-refractivity contribution in [3.8, 4) is 0 Å². The summed E-state index contributed by atoms with van der Waals surface area (Å²) in [5.74, 6) is -1.04. The van der Waals surface area contributed by atoms with Crippen LogP contribution in [0, 0.1) is 39.8 Å². The first-order valence-corrected chi connectivity index (χ1v) is 23.4. The summed E-state index contributed by atoms with van der Waals surface area (Å²) in [4.78, 5) is 23.2. The van der Waals surface area contributed by atoms with Gasteiger partial charge in [-0.3, -0.25) is 4.79 Å². The van der Waals surface area contributed by atoms with Crippen LogP contribution in [-0.2, 0) is 88.1 Å². The number of carbonyl (C=O) groups excluding carboxylic acids is 1. The number of nitrogens with one attached hydrogen (secondary N) is 1. The minimum atomic E-state index is -0.921. The van der Waals surface area contributed by atoms with Crippen LogP contribution in [-0.4, -0.2) is 68.2 Å². The summed E-state index contributed by atoms with van der Waals surface area (Å²) in [5.41, 5.74) is 14.6. The van der Waals surface area contributed by atoms with Crippen molar-refractivity contribution < 1.29 is 89.1 Å². The maximum Gasteiger partial charge on any atom is 0.319 e. The van der Waals surface area contributed by atoms with Gasteiger partial charge in [0.05, 0.1) is 42.3 Å². The van der Waals surface area contributed by atoms with E-state index in [2.05, 4.69) is 135 Å². The fourth-order valence-corrected chi connectivity index (χ4v) is 4.87. The van der Waals surface area contributed by atoms with Crippen molar-refractivity contribution >= 4 is 72.6 Å². The number of carboxylic acid groups (broad SMARTS) is 1. The Balaban J connectivity index is 0. The van der Waals surface area contributed by atoms with Crippen LogP contribution in [0.3, 0.4) is 0 Å². The van der Waals surface area contributed by atoms with E-state index in [1.807, 2.05) is 74.5 Å². The summed E-state index contributed by atoms with van der Waals surface area (Å²) in [6, 6.07) is 33.6. The Morgan fingerprint density at radius 3 is 1.44 bits per heavy atom. The van der Waals surface area contributed by atoms with Gasteiger partial charge in [-0.05, 0) is 29.8 Å². The third kappa shape index (κ3) is 25.6. The van der Waals surface area contributed by atoms with E-state index in [1.165, 1.54) is 11.1 Å². The molecule has 0 bridgehead atoms. The molecule has 11 heteroatoms. The fourth-order valence-electron chi connectivity index (χ4n) is 4.87. The molecule has 55 heavy (non-hydrogen) atoms. The maximum atomic E-state index is 12.5. The molecule has 4 rings (SSSR count). The topological polar surface area (TPSA) is 92.4 Å². The van der Waals surface area contributed by atoms with Gasteiger partial charge in [0.1, 0.15) is 13.1 Å². The Hall–Kier alpha value is -1.31. The number of nitrogen functional groups attached to an aromatic ring is 1. The Morgan fingerprint density at radius 2 is 1.09 bits per heavy atom. The van der Waals surface area contributed by atoms with Crippen molar-refractivity contribution in [1.82, 2.24) is 0 Å². The van der Waals surface area contributed by atoms with Crippen LogP contribution in [0.4, 0.5) is 11.4 Å². The summed E-state index contributed by atoms with van der Waals surface area (Å²) in [6.45, 7) is 13.4. The van der Waals surface area contributed by atoms with Crippen LogP contribution >= 0.6 is 37.2 Å². The van der Waals surface area contributed by atoms with E-state index in [1.54, 1.807) is 12.1 Å². The summed E-state index contributed by atoms with van der Waals surface area (Å²) < 4.78 is 1.82. The molecule has 0 saturated heterocycles. The molecule has 7 nitrogen and oxygen atoms in total. The molecule has 0 aliphatic carbocycles. The van der Waals surface area contributed by atoms with E-state index in [4.69, 9.17) is 10.8 Å². The smallest absolute Gasteiger partial charge is 0.319 e. The zero-order chi connectivity index (χ0) is 40.2. The second-order valence-corrected chi connectivity index (χ2v) is 14.6. The zero-order valence-corrected chi connectivity index (χ0v) is 43.6. The Labute approximate surface area is 405 Å². The molecule has 0 aromatic heterocycles. The summed E-state index contributed by atoms with van der Waals surface area (Å²) in [7, 11) is 13.0. The minimum Gasteiger partial charge on any atom is -0.479 e. The number of carboxylic acids is 1. The molecule has 0 atom stereocenters. The Morgan fingerprint density at radius 1 is 0.709 bits per heavy atom. The first kappa shape index (κ1) is 55.8. The molecule has 0 saturated carbocycles. The number of carbonyl (C=O) groups is 2. The Kier molecular flexibility index (Phi) is 29.4. The summed E-state index contributed by atoms with van der Waals surface area (Å²) in [5, 5.41) is 11.7. The summed E-state index contributed by atoms with van der Waals surface area (Å²) in [6.07, 6.45) is 4.15. The van der Waals surface area contributed by atoms with E-state index in [-0.39, 0.29) is 77.7 Å². The van der Waals surface area contributed by atoms with Crippen LogP contribution < -0.4 is 11.1 Å². The second-order valence-electron chi connectivity index (χ2n) is 14.6. The van der Waals surface area contributed by atoms with Crippen LogP contribution in [0.2, 0.25) is 0 Å². The van der Waals surface area contributed by atoms with Gasteiger partial charge in [0.15, 0.2) is 0 Å². The van der Waals surface area contributed by atoms with Gasteiger partial charge in [0.25, 0.3) is 0 Å². The normalized spacial score (nSPS) is 11.1. The van der Waals surface area contributed by atoms with E-state index in [0.29, 0.717) is 17.6 Å². The van der Waals surface area contributed by atoms with Crippen molar-refractivity contribution in [3.05, 3.63) is 155 Å². The monoisotopic (exact) mass is 1120 g/mol. The number of quaternary nitrogens is 2. The SMILES string of the molecule is C[N+](C)(C)Cc1ccc(N)cc1.II.[CH2-]CC(=Cc1[c-]ccc(C)c1)C(=O)Nc1ccc(C[N+](C)(C)C)cc1.[CH2-]CC(=Cc1[c-]ccc(C)c1)C(=O)O.[Y].[Y]. The van der Waals surface area contributed by atoms with E-state index in [0.717, 1.165) is 55.7 Å². The van der Waals surface area contributed by atoms with Crippen molar-refractivity contribution in [2.75, 3.05) is 53.3 Å². The quantitative estimate of drug-likeness (QED) is 0.0459. The molecule has 4 aromatic rings. The molecular formula is C44H56I2N4O3Y2-2. The van der Waals surface area contributed by atoms with E-state index in [9.17, 15) is 9.59 Å². The van der Waals surface area contributed by atoms with Crippen molar-refractivity contribution in [2.45, 2.75) is 39.8 Å². The van der Waals surface area contributed by atoms with Gasteiger partial charge < -0.3 is 39.0 Å². The van der Waals surface area contributed by atoms with E-state index >= 15 is 0 Å². The fraction of sp³-hybridized carbons (Fsp3) is 0.273. The molecule has 0 aliphatic heterocycles. The molecule has 0 aliphatic rings. The van der Waals surface area contributed by atoms with Crippen molar-refractivity contribution in [1.29, 1.82) is 0 Å². The largest absolute Gasteiger partial charge is 0.479 e. The van der Waals surface area contributed by atoms with Gasteiger partial charge in [0, 0.05) is 125 Å². The third-order valence-electron chi connectivity index (χ3n) is 7.23. The van der Waals surface area contributed by atoms with Crippen LogP contribution in [0.25, 0.3) is 12.2 Å². The number of nitrogens with zero attached hydrogens (tertiary/aromatic N) is 2. The molecule has 4 aromatic carbocycles. The number of anilines is 2. The predicted octanol–water partition coefficient (Wildman–Crippen LogP) is 9.98. The van der Waals surface area contributed by atoms with Gasteiger partial charge >= 0.3 is 5.97 Å². The van der Waals surface area contributed by atoms with Crippen LogP contribution in [0.5, 0.6) is 0 Å². The average Bonchev–Trinajstić information content (AvgIpc) is 3.08. The maximum absolute atomic E-state index is 12.5. The number of hydrogen-bond acceptors (Lipinski definition) is 3. The molecule has 0 fully saturated rings. The number of aryl methyl sites for hydroxylation is 2. The number of nitrogens with two attached hydrogens (primary N) is 1. The predicted molar refractivity (Wildman–Crippen MR) is 241 cm³/mol. The van der Waals surface area contributed by atoms with Gasteiger partial charge in [0.2, 0.25) is 5.91 Å². The Bertz CT molecular complexity index is 1780. The van der Waals surface area contributed by atoms with Gasteiger partial charge in [-0.1, -0.05) is 43.7 Å². The molecular weight excluding hydrogens is 1060 g/mol. The molecule has 1 amide bonds. The van der Waals surface area contributed by atoms with Gasteiger partial charge in [-0.15, -0.1) is 82.9 Å². The first-order valence-electron chi connectivity index (χ1n) is 17.1. The number of aliphatic carboxylic acids is 1. The van der Waals surface area contributed by atoms with E-state index < -0.39 is 5.97 Å². The number of amides is 1. The number of rotatable bonds is 11. The average molecular weight is 1120 g/mol. The van der Waals surface area contributed by atoms with Crippen molar-refractivity contribution in [3.63, 3.8) is 0 Å². The zero-order valence-electron chi connectivity index (χ0n) is 33.6. The van der Waals surface area contributed by atoms with Crippen LogP contribution in [0.1, 0.15) is 46.2 Å².